The lowest BCUT2D eigenvalue weighted by molar-refractivity contribution is 0.259. The van der Waals surface area contributed by atoms with E-state index in [1.807, 2.05) is 42.3 Å². The SMILES string of the molecule is CN1CCCC/C1=N\C(=O)Nc1ccccc1. The lowest BCUT2D eigenvalue weighted by Crippen LogP contribution is -2.32. The molecule has 1 aromatic rings. The van der Waals surface area contributed by atoms with E-state index in [2.05, 4.69) is 10.3 Å². The van der Waals surface area contributed by atoms with Crippen molar-refractivity contribution >= 4 is 17.6 Å². The van der Waals surface area contributed by atoms with Crippen LogP contribution in [0.1, 0.15) is 19.3 Å². The normalized spacial score (nSPS) is 18.2. The number of amidine groups is 1. The second-order valence-electron chi connectivity index (χ2n) is 4.20. The molecule has 1 N–H and O–H groups in total. The Morgan fingerprint density at radius 3 is 2.76 bits per heavy atom. The Labute approximate surface area is 101 Å². The maximum Gasteiger partial charge on any atom is 0.347 e. The molecule has 1 aliphatic heterocycles. The number of para-hydroxylation sites is 1. The number of nitrogens with one attached hydrogen (secondary N) is 1. The molecule has 0 aromatic heterocycles. The number of piperidine rings is 1. The van der Waals surface area contributed by atoms with Crippen LogP contribution in [0, 0.1) is 0 Å². The molecule has 4 nitrogen and oxygen atoms in total. The van der Waals surface area contributed by atoms with Crippen LogP contribution in [0.3, 0.4) is 0 Å². The van der Waals surface area contributed by atoms with Gasteiger partial charge in [0.25, 0.3) is 0 Å². The van der Waals surface area contributed by atoms with Crippen LogP contribution in [0.25, 0.3) is 0 Å². The highest BCUT2D eigenvalue weighted by Gasteiger charge is 2.13. The summed E-state index contributed by atoms with van der Waals surface area (Å²) >= 11 is 0. The summed E-state index contributed by atoms with van der Waals surface area (Å²) in [5, 5.41) is 2.76. The molecule has 1 fully saturated rings. The number of amides is 2. The van der Waals surface area contributed by atoms with Gasteiger partial charge in [-0.3, -0.25) is 0 Å². The molecule has 2 amide bonds. The Bertz CT molecular complexity index is 414. The van der Waals surface area contributed by atoms with E-state index in [1.54, 1.807) is 0 Å². The topological polar surface area (TPSA) is 44.7 Å². The number of carbonyl (C=O) groups excluding carboxylic acids is 1. The highest BCUT2D eigenvalue weighted by Crippen LogP contribution is 2.11. The number of hydrogen-bond acceptors (Lipinski definition) is 1. The van der Waals surface area contributed by atoms with Gasteiger partial charge >= 0.3 is 6.03 Å². The van der Waals surface area contributed by atoms with Crippen molar-refractivity contribution < 1.29 is 4.79 Å². The molecule has 0 unspecified atom stereocenters. The zero-order chi connectivity index (χ0) is 12.1. The number of benzene rings is 1. The van der Waals surface area contributed by atoms with Gasteiger partial charge in [-0.25, -0.2) is 4.79 Å². The molecule has 0 radical (unpaired) electrons. The fourth-order valence-corrected chi connectivity index (χ4v) is 1.88. The fraction of sp³-hybridized carbons (Fsp3) is 0.385. The van der Waals surface area contributed by atoms with Crippen molar-refractivity contribution in [2.75, 3.05) is 18.9 Å². The Hall–Kier alpha value is -1.84. The maximum absolute atomic E-state index is 11.7. The molecule has 1 heterocycles. The molecule has 0 spiro atoms. The molecule has 1 saturated heterocycles. The van der Waals surface area contributed by atoms with Gasteiger partial charge in [0.15, 0.2) is 0 Å². The van der Waals surface area contributed by atoms with E-state index in [9.17, 15) is 4.79 Å². The maximum atomic E-state index is 11.7. The van der Waals surface area contributed by atoms with E-state index in [0.29, 0.717) is 0 Å². The van der Waals surface area contributed by atoms with E-state index in [0.717, 1.165) is 30.9 Å². The van der Waals surface area contributed by atoms with Gasteiger partial charge in [0.2, 0.25) is 0 Å². The van der Waals surface area contributed by atoms with Crippen LogP contribution in [0.5, 0.6) is 0 Å². The van der Waals surface area contributed by atoms with Crippen molar-refractivity contribution in [3.05, 3.63) is 30.3 Å². The largest absolute Gasteiger partial charge is 0.363 e. The number of likely N-dealkylation sites (tertiary alicyclic amines) is 1. The Kier molecular flexibility index (Phi) is 3.75. The third-order valence-corrected chi connectivity index (χ3v) is 2.84. The minimum atomic E-state index is -0.292. The molecule has 0 saturated carbocycles. The summed E-state index contributed by atoms with van der Waals surface area (Å²) in [5.74, 6) is 0.879. The molecule has 90 valence electrons. The number of anilines is 1. The highest BCUT2D eigenvalue weighted by molar-refractivity contribution is 5.99. The monoisotopic (exact) mass is 231 g/mol. The quantitative estimate of drug-likeness (QED) is 0.807. The zero-order valence-corrected chi connectivity index (χ0v) is 10.0. The van der Waals surface area contributed by atoms with E-state index in [4.69, 9.17) is 0 Å². The average molecular weight is 231 g/mol. The van der Waals surface area contributed by atoms with Crippen molar-refractivity contribution in [2.24, 2.45) is 4.99 Å². The number of aliphatic imine (C=N–C) groups is 1. The van der Waals surface area contributed by atoms with Gasteiger partial charge in [0.05, 0.1) is 0 Å². The van der Waals surface area contributed by atoms with Gasteiger partial charge in [-0.1, -0.05) is 18.2 Å². The van der Waals surface area contributed by atoms with Crippen LogP contribution >= 0.6 is 0 Å². The fourth-order valence-electron chi connectivity index (χ4n) is 1.88. The van der Waals surface area contributed by atoms with Crippen molar-refractivity contribution in [3.63, 3.8) is 0 Å². The summed E-state index contributed by atoms with van der Waals surface area (Å²) in [6.45, 7) is 0.984. The van der Waals surface area contributed by atoms with Crippen molar-refractivity contribution in [1.82, 2.24) is 4.90 Å². The smallest absolute Gasteiger partial charge is 0.347 e. The first kappa shape index (κ1) is 11.6. The number of nitrogens with zero attached hydrogens (tertiary/aromatic N) is 2. The van der Waals surface area contributed by atoms with Crippen LogP contribution in [0.2, 0.25) is 0 Å². The van der Waals surface area contributed by atoms with E-state index >= 15 is 0 Å². The Balaban J connectivity index is 1.99. The Morgan fingerprint density at radius 2 is 2.06 bits per heavy atom. The minimum absolute atomic E-state index is 0.292. The van der Waals surface area contributed by atoms with Gasteiger partial charge in [-0.05, 0) is 25.0 Å². The lowest BCUT2D eigenvalue weighted by Gasteiger charge is -2.25. The lowest BCUT2D eigenvalue weighted by atomic mass is 10.1. The molecule has 0 atom stereocenters. The van der Waals surface area contributed by atoms with E-state index in [1.165, 1.54) is 6.42 Å². The predicted octanol–water partition coefficient (Wildman–Crippen LogP) is 2.73. The van der Waals surface area contributed by atoms with Gasteiger partial charge in [0, 0.05) is 25.7 Å². The summed E-state index contributed by atoms with van der Waals surface area (Å²) in [5.41, 5.74) is 0.778. The predicted molar refractivity (Wildman–Crippen MR) is 69.4 cm³/mol. The first-order valence-electron chi connectivity index (χ1n) is 5.90. The first-order valence-corrected chi connectivity index (χ1v) is 5.90. The summed E-state index contributed by atoms with van der Waals surface area (Å²) in [7, 11) is 1.98. The van der Waals surface area contributed by atoms with Crippen LogP contribution < -0.4 is 5.32 Å². The summed E-state index contributed by atoms with van der Waals surface area (Å²) in [4.78, 5) is 17.9. The molecule has 0 aliphatic carbocycles. The Morgan fingerprint density at radius 1 is 1.29 bits per heavy atom. The molecule has 1 aliphatic rings. The molecular formula is C13H17N3O. The first-order chi connectivity index (χ1) is 8.25. The van der Waals surface area contributed by atoms with Crippen LogP contribution in [0.15, 0.2) is 35.3 Å². The second kappa shape index (κ2) is 5.48. The van der Waals surface area contributed by atoms with Crippen LogP contribution in [-0.2, 0) is 0 Å². The highest BCUT2D eigenvalue weighted by atomic mass is 16.2. The number of urea groups is 1. The molecule has 0 bridgehead atoms. The number of hydrogen-bond donors (Lipinski definition) is 1. The molecular weight excluding hydrogens is 214 g/mol. The summed E-state index contributed by atoms with van der Waals surface area (Å²) in [6.07, 6.45) is 3.18. The average Bonchev–Trinajstić information content (AvgIpc) is 2.33. The standard InChI is InChI=1S/C13H17N3O/c1-16-10-6-5-9-12(16)15-13(17)14-11-7-3-2-4-8-11/h2-4,7-8H,5-6,9-10H2,1H3,(H,14,17)/b15-12+. The minimum Gasteiger partial charge on any atom is -0.363 e. The molecule has 1 aromatic carbocycles. The van der Waals surface area contributed by atoms with Gasteiger partial charge in [-0.15, -0.1) is 0 Å². The second-order valence-corrected chi connectivity index (χ2v) is 4.20. The van der Waals surface area contributed by atoms with Gasteiger partial charge in [0.1, 0.15) is 5.84 Å². The molecule has 17 heavy (non-hydrogen) atoms. The third kappa shape index (κ3) is 3.31. The zero-order valence-electron chi connectivity index (χ0n) is 10.0. The van der Waals surface area contributed by atoms with Crippen molar-refractivity contribution in [1.29, 1.82) is 0 Å². The van der Waals surface area contributed by atoms with Crippen molar-refractivity contribution in [2.45, 2.75) is 19.3 Å². The van der Waals surface area contributed by atoms with Crippen molar-refractivity contribution in [3.8, 4) is 0 Å². The van der Waals surface area contributed by atoms with E-state index in [-0.39, 0.29) is 6.03 Å². The molecule has 2 rings (SSSR count). The van der Waals surface area contributed by atoms with Crippen LogP contribution in [-0.4, -0.2) is 30.4 Å². The molecule has 4 heteroatoms. The van der Waals surface area contributed by atoms with Crippen LogP contribution in [0.4, 0.5) is 10.5 Å². The van der Waals surface area contributed by atoms with Gasteiger partial charge in [-0.2, -0.15) is 4.99 Å². The summed E-state index contributed by atoms with van der Waals surface area (Å²) in [6, 6.07) is 9.09. The van der Waals surface area contributed by atoms with E-state index < -0.39 is 0 Å². The number of carbonyl (C=O) groups is 1. The van der Waals surface area contributed by atoms with Gasteiger partial charge < -0.3 is 10.2 Å². The third-order valence-electron chi connectivity index (χ3n) is 2.84. The summed E-state index contributed by atoms with van der Waals surface area (Å²) < 4.78 is 0. The number of rotatable bonds is 1.